The van der Waals surface area contributed by atoms with Gasteiger partial charge in [0.1, 0.15) is 0 Å². The van der Waals surface area contributed by atoms with Gasteiger partial charge in [0, 0.05) is 22.8 Å². The van der Waals surface area contributed by atoms with Crippen molar-refractivity contribution < 1.29 is 9.47 Å². The molecule has 20 heavy (non-hydrogen) atoms. The quantitative estimate of drug-likeness (QED) is 0.919. The van der Waals surface area contributed by atoms with Gasteiger partial charge in [0.2, 0.25) is 6.79 Å². The summed E-state index contributed by atoms with van der Waals surface area (Å²) in [5.41, 5.74) is 2.30. The third-order valence-corrected chi connectivity index (χ3v) is 3.49. The number of hydrogen-bond acceptors (Lipinski definition) is 3. The van der Waals surface area contributed by atoms with Crippen LogP contribution in [0.1, 0.15) is 12.5 Å². The van der Waals surface area contributed by atoms with Gasteiger partial charge < -0.3 is 14.8 Å². The zero-order valence-electron chi connectivity index (χ0n) is 11.2. The summed E-state index contributed by atoms with van der Waals surface area (Å²) in [5, 5.41) is 4.23. The molecule has 1 aliphatic heterocycles. The fourth-order valence-electron chi connectivity index (χ4n) is 2.30. The third-order valence-electron chi connectivity index (χ3n) is 3.24. The summed E-state index contributed by atoms with van der Waals surface area (Å²) < 4.78 is 10.7. The highest BCUT2D eigenvalue weighted by molar-refractivity contribution is 6.30. The van der Waals surface area contributed by atoms with E-state index in [1.54, 1.807) is 0 Å². The first-order valence-electron chi connectivity index (χ1n) is 6.61. The van der Waals surface area contributed by atoms with Crippen LogP contribution in [0.5, 0.6) is 11.5 Å². The molecule has 0 saturated heterocycles. The monoisotopic (exact) mass is 289 g/mol. The fraction of sp³-hybridized carbons (Fsp3) is 0.250. The SMILES string of the molecule is CC(Cc1ccc(Cl)cc1)Nc1ccc2c(c1)OCO2. The van der Waals surface area contributed by atoms with Gasteiger partial charge in [-0.25, -0.2) is 0 Å². The van der Waals surface area contributed by atoms with Gasteiger partial charge in [0.15, 0.2) is 11.5 Å². The Kier molecular flexibility index (Phi) is 3.70. The largest absolute Gasteiger partial charge is 0.454 e. The summed E-state index contributed by atoms with van der Waals surface area (Å²) in [7, 11) is 0. The molecule has 1 N–H and O–H groups in total. The number of nitrogens with one attached hydrogen (secondary N) is 1. The van der Waals surface area contributed by atoms with E-state index in [2.05, 4.69) is 24.4 Å². The average molecular weight is 290 g/mol. The molecule has 2 aromatic rings. The summed E-state index contributed by atoms with van der Waals surface area (Å²) in [6.07, 6.45) is 0.936. The minimum absolute atomic E-state index is 0.305. The third kappa shape index (κ3) is 2.99. The molecule has 0 aliphatic carbocycles. The first-order chi connectivity index (χ1) is 9.70. The number of ether oxygens (including phenoxy) is 2. The van der Waals surface area contributed by atoms with E-state index < -0.39 is 0 Å². The molecular formula is C16H16ClNO2. The van der Waals surface area contributed by atoms with Gasteiger partial charge in [0.05, 0.1) is 0 Å². The number of rotatable bonds is 4. The Bertz CT molecular complexity index is 598. The van der Waals surface area contributed by atoms with Crippen molar-refractivity contribution in [2.45, 2.75) is 19.4 Å². The van der Waals surface area contributed by atoms with Crippen molar-refractivity contribution in [1.82, 2.24) is 0 Å². The van der Waals surface area contributed by atoms with E-state index in [-0.39, 0.29) is 0 Å². The summed E-state index contributed by atoms with van der Waals surface area (Å²) >= 11 is 5.89. The maximum absolute atomic E-state index is 5.89. The molecule has 0 bridgehead atoms. The first-order valence-corrected chi connectivity index (χ1v) is 6.99. The van der Waals surface area contributed by atoms with Gasteiger partial charge in [-0.1, -0.05) is 23.7 Å². The Balaban J connectivity index is 1.63. The predicted octanol–water partition coefficient (Wildman–Crippen LogP) is 4.11. The number of benzene rings is 2. The lowest BCUT2D eigenvalue weighted by Gasteiger charge is -2.15. The van der Waals surface area contributed by atoms with Gasteiger partial charge in [-0.15, -0.1) is 0 Å². The lowest BCUT2D eigenvalue weighted by atomic mass is 10.1. The van der Waals surface area contributed by atoms with Crippen LogP contribution in [-0.4, -0.2) is 12.8 Å². The Morgan fingerprint density at radius 3 is 2.65 bits per heavy atom. The number of fused-ring (bicyclic) bond motifs is 1. The molecular weight excluding hydrogens is 274 g/mol. The van der Waals surface area contributed by atoms with E-state index in [1.165, 1.54) is 5.56 Å². The van der Waals surface area contributed by atoms with E-state index in [4.69, 9.17) is 21.1 Å². The van der Waals surface area contributed by atoms with Gasteiger partial charge in [0.25, 0.3) is 0 Å². The molecule has 3 nitrogen and oxygen atoms in total. The normalized spacial score (nSPS) is 14.1. The Hall–Kier alpha value is -1.87. The molecule has 2 aromatic carbocycles. The molecule has 0 saturated carbocycles. The molecule has 0 fully saturated rings. The van der Waals surface area contributed by atoms with E-state index >= 15 is 0 Å². The maximum Gasteiger partial charge on any atom is 0.231 e. The first kappa shape index (κ1) is 13.1. The molecule has 1 aliphatic rings. The number of hydrogen-bond donors (Lipinski definition) is 1. The van der Waals surface area contributed by atoms with Gasteiger partial charge in [-0.3, -0.25) is 0 Å². The van der Waals surface area contributed by atoms with Crippen molar-refractivity contribution in [1.29, 1.82) is 0 Å². The van der Waals surface area contributed by atoms with Crippen LogP contribution >= 0.6 is 11.6 Å². The molecule has 1 heterocycles. The van der Waals surface area contributed by atoms with Crippen molar-refractivity contribution in [2.24, 2.45) is 0 Å². The average Bonchev–Trinajstić information content (AvgIpc) is 2.89. The van der Waals surface area contributed by atoms with E-state index in [0.717, 1.165) is 28.6 Å². The maximum atomic E-state index is 5.89. The Morgan fingerprint density at radius 2 is 1.85 bits per heavy atom. The Labute approximate surface area is 123 Å². The molecule has 0 amide bonds. The summed E-state index contributed by atoms with van der Waals surface area (Å²) in [6.45, 7) is 2.46. The molecule has 0 aromatic heterocycles. The van der Waals surface area contributed by atoms with Crippen molar-refractivity contribution >= 4 is 17.3 Å². The highest BCUT2D eigenvalue weighted by Crippen LogP contribution is 2.34. The van der Waals surface area contributed by atoms with Crippen LogP contribution in [0, 0.1) is 0 Å². The van der Waals surface area contributed by atoms with E-state index in [1.807, 2.05) is 30.3 Å². The Morgan fingerprint density at radius 1 is 1.10 bits per heavy atom. The van der Waals surface area contributed by atoms with Gasteiger partial charge in [-0.05, 0) is 43.2 Å². The van der Waals surface area contributed by atoms with Crippen LogP contribution in [0.15, 0.2) is 42.5 Å². The van der Waals surface area contributed by atoms with Crippen LogP contribution < -0.4 is 14.8 Å². The molecule has 104 valence electrons. The standard InChI is InChI=1S/C16H16ClNO2/c1-11(8-12-2-4-13(17)5-3-12)18-14-6-7-15-16(9-14)20-10-19-15/h2-7,9,11,18H,8,10H2,1H3. The highest BCUT2D eigenvalue weighted by atomic mass is 35.5. The van der Waals surface area contributed by atoms with Crippen molar-refractivity contribution in [3.63, 3.8) is 0 Å². The molecule has 0 spiro atoms. The van der Waals surface area contributed by atoms with Crippen LogP contribution in [0.25, 0.3) is 0 Å². The molecule has 3 rings (SSSR count). The summed E-state index contributed by atoms with van der Waals surface area (Å²) in [4.78, 5) is 0. The fourth-order valence-corrected chi connectivity index (χ4v) is 2.42. The molecule has 0 radical (unpaired) electrons. The van der Waals surface area contributed by atoms with Crippen LogP contribution in [0.2, 0.25) is 5.02 Å². The van der Waals surface area contributed by atoms with Crippen LogP contribution in [0.3, 0.4) is 0 Å². The minimum atomic E-state index is 0.305. The second-order valence-electron chi connectivity index (χ2n) is 4.94. The molecule has 4 heteroatoms. The smallest absolute Gasteiger partial charge is 0.231 e. The second-order valence-corrected chi connectivity index (χ2v) is 5.38. The zero-order chi connectivity index (χ0) is 13.9. The second kappa shape index (κ2) is 5.63. The van der Waals surface area contributed by atoms with Crippen LogP contribution in [-0.2, 0) is 6.42 Å². The van der Waals surface area contributed by atoms with Gasteiger partial charge >= 0.3 is 0 Å². The van der Waals surface area contributed by atoms with E-state index in [0.29, 0.717) is 12.8 Å². The van der Waals surface area contributed by atoms with Crippen molar-refractivity contribution in [3.05, 3.63) is 53.1 Å². The van der Waals surface area contributed by atoms with Crippen molar-refractivity contribution in [2.75, 3.05) is 12.1 Å². The zero-order valence-corrected chi connectivity index (χ0v) is 12.0. The van der Waals surface area contributed by atoms with Crippen LogP contribution in [0.4, 0.5) is 5.69 Å². The summed E-state index contributed by atoms with van der Waals surface area (Å²) in [5.74, 6) is 1.61. The highest BCUT2D eigenvalue weighted by Gasteiger charge is 2.14. The lowest BCUT2D eigenvalue weighted by Crippen LogP contribution is -2.17. The minimum Gasteiger partial charge on any atom is -0.454 e. The summed E-state index contributed by atoms with van der Waals surface area (Å²) in [6, 6.07) is 14.2. The number of anilines is 1. The topological polar surface area (TPSA) is 30.5 Å². The van der Waals surface area contributed by atoms with Crippen molar-refractivity contribution in [3.8, 4) is 11.5 Å². The van der Waals surface area contributed by atoms with E-state index in [9.17, 15) is 0 Å². The molecule has 1 unspecified atom stereocenters. The lowest BCUT2D eigenvalue weighted by molar-refractivity contribution is 0.174. The molecule has 1 atom stereocenters. The predicted molar refractivity (Wildman–Crippen MR) is 80.8 cm³/mol. The number of halogens is 1. The van der Waals surface area contributed by atoms with Gasteiger partial charge in [-0.2, -0.15) is 0 Å².